The highest BCUT2D eigenvalue weighted by Gasteiger charge is 2.18. The van der Waals surface area contributed by atoms with Crippen molar-refractivity contribution in [2.45, 2.75) is 38.4 Å². The maximum absolute atomic E-state index is 13.6. The Hall–Kier alpha value is -3.39. The molecule has 0 radical (unpaired) electrons. The monoisotopic (exact) mass is 464 g/mol. The lowest BCUT2D eigenvalue weighted by Gasteiger charge is -2.13. The number of fused-ring (bicyclic) bond motifs is 1. The van der Waals surface area contributed by atoms with Crippen LogP contribution in [0.1, 0.15) is 25.3 Å². The molecule has 0 saturated heterocycles. The molecule has 1 amide bonds. The lowest BCUT2D eigenvalue weighted by atomic mass is 10.1. The van der Waals surface area contributed by atoms with Crippen LogP contribution < -0.4 is 10.9 Å². The highest BCUT2D eigenvalue weighted by molar-refractivity contribution is 7.99. The van der Waals surface area contributed by atoms with Gasteiger partial charge >= 0.3 is 0 Å². The molecule has 0 unspecified atom stereocenters. The molecule has 33 heavy (non-hydrogen) atoms. The number of hydrogen-bond acceptors (Lipinski definition) is 4. The molecule has 8 heteroatoms. The Morgan fingerprint density at radius 1 is 1.21 bits per heavy atom. The molecular formula is C25H25FN4O2S. The van der Waals surface area contributed by atoms with Crippen molar-refractivity contribution in [2.24, 2.45) is 0 Å². The summed E-state index contributed by atoms with van der Waals surface area (Å²) in [5, 5.41) is 3.24. The Morgan fingerprint density at radius 2 is 2.00 bits per heavy atom. The first-order valence-electron chi connectivity index (χ1n) is 10.8. The smallest absolute Gasteiger partial charge is 0.278 e. The summed E-state index contributed by atoms with van der Waals surface area (Å²) < 4.78 is 15.2. The largest absolute Gasteiger partial charge is 0.355 e. The zero-order valence-corrected chi connectivity index (χ0v) is 19.3. The van der Waals surface area contributed by atoms with Gasteiger partial charge in [0, 0.05) is 24.0 Å². The summed E-state index contributed by atoms with van der Waals surface area (Å²) >= 11 is 1.20. The molecule has 0 spiro atoms. The van der Waals surface area contributed by atoms with Gasteiger partial charge in [0.15, 0.2) is 5.16 Å². The number of halogens is 1. The molecule has 6 nitrogen and oxygen atoms in total. The second-order valence-electron chi connectivity index (χ2n) is 7.79. The van der Waals surface area contributed by atoms with Crippen molar-refractivity contribution in [1.29, 1.82) is 0 Å². The summed E-state index contributed by atoms with van der Waals surface area (Å²) in [4.78, 5) is 33.7. The summed E-state index contributed by atoms with van der Waals surface area (Å²) in [6.07, 6.45) is 3.54. The lowest BCUT2D eigenvalue weighted by Crippen LogP contribution is -2.24. The minimum Gasteiger partial charge on any atom is -0.355 e. The van der Waals surface area contributed by atoms with E-state index in [4.69, 9.17) is 4.98 Å². The number of benzene rings is 2. The van der Waals surface area contributed by atoms with Crippen molar-refractivity contribution in [1.82, 2.24) is 14.5 Å². The third-order valence-electron chi connectivity index (χ3n) is 5.38. The number of rotatable bonds is 8. The van der Waals surface area contributed by atoms with Crippen LogP contribution in [0.15, 0.2) is 64.7 Å². The number of unbranched alkanes of at least 4 members (excludes halogenated alkanes) is 1. The Balaban J connectivity index is 1.65. The number of nitrogens with one attached hydrogen (secondary N) is 2. The molecule has 2 heterocycles. The fraction of sp³-hybridized carbons (Fsp3) is 0.240. The standard InChI is InChI=1S/C25H25FN4O2S/c1-3-4-12-30-24(32)23-22(19(14-27-23)17-8-6-5-7-9-17)29-25(30)33-15-21(31)28-20-13-18(26)11-10-16(20)2/h5-11,13-14,27H,3-4,12,15H2,1-2H3,(H,28,31). The van der Waals surface area contributed by atoms with Gasteiger partial charge in [0.25, 0.3) is 5.56 Å². The number of nitrogens with zero attached hydrogens (tertiary/aromatic N) is 2. The van der Waals surface area contributed by atoms with E-state index < -0.39 is 5.82 Å². The molecule has 170 valence electrons. The van der Waals surface area contributed by atoms with Crippen molar-refractivity contribution in [2.75, 3.05) is 11.1 Å². The number of carbonyl (C=O) groups is 1. The summed E-state index contributed by atoms with van der Waals surface area (Å²) in [5.74, 6) is -0.655. The topological polar surface area (TPSA) is 79.8 Å². The van der Waals surface area contributed by atoms with Crippen molar-refractivity contribution in [3.05, 3.63) is 76.5 Å². The summed E-state index contributed by atoms with van der Waals surface area (Å²) in [6, 6.07) is 14.0. The van der Waals surface area contributed by atoms with E-state index in [9.17, 15) is 14.0 Å². The number of carbonyl (C=O) groups excluding carboxylic acids is 1. The number of aryl methyl sites for hydroxylation is 1. The number of aromatic amines is 1. The van der Waals surface area contributed by atoms with Crippen molar-refractivity contribution >= 4 is 34.4 Å². The molecule has 4 aromatic rings. The molecule has 0 saturated carbocycles. The van der Waals surface area contributed by atoms with Crippen LogP contribution in [0, 0.1) is 12.7 Å². The van der Waals surface area contributed by atoms with E-state index in [-0.39, 0.29) is 17.2 Å². The molecule has 4 rings (SSSR count). The third-order valence-corrected chi connectivity index (χ3v) is 6.35. The van der Waals surface area contributed by atoms with Gasteiger partial charge in [0.05, 0.1) is 5.75 Å². The van der Waals surface area contributed by atoms with Gasteiger partial charge in [0.1, 0.15) is 16.9 Å². The van der Waals surface area contributed by atoms with Crippen molar-refractivity contribution in [3.63, 3.8) is 0 Å². The Labute approximate surface area is 195 Å². The second kappa shape index (κ2) is 10.0. The first kappa shape index (κ1) is 22.8. The second-order valence-corrected chi connectivity index (χ2v) is 8.74. The number of thioether (sulfide) groups is 1. The van der Waals surface area contributed by atoms with E-state index in [1.807, 2.05) is 30.3 Å². The molecule has 0 atom stereocenters. The van der Waals surface area contributed by atoms with Gasteiger partial charge in [-0.15, -0.1) is 0 Å². The van der Waals surface area contributed by atoms with E-state index >= 15 is 0 Å². The van der Waals surface area contributed by atoms with Crippen molar-refractivity contribution in [3.8, 4) is 11.1 Å². The fourth-order valence-electron chi connectivity index (χ4n) is 3.58. The Morgan fingerprint density at radius 3 is 2.76 bits per heavy atom. The maximum Gasteiger partial charge on any atom is 0.278 e. The fourth-order valence-corrected chi connectivity index (χ4v) is 4.40. The van der Waals surface area contributed by atoms with Crippen LogP contribution in [-0.4, -0.2) is 26.2 Å². The molecular weight excluding hydrogens is 439 g/mol. The normalized spacial score (nSPS) is 11.1. The van der Waals surface area contributed by atoms with Gasteiger partial charge in [-0.1, -0.05) is 61.5 Å². The van der Waals surface area contributed by atoms with Crippen molar-refractivity contribution < 1.29 is 9.18 Å². The van der Waals surface area contributed by atoms with E-state index in [0.717, 1.165) is 29.5 Å². The molecule has 2 aromatic heterocycles. The molecule has 0 bridgehead atoms. The minimum atomic E-state index is -0.412. The van der Waals surface area contributed by atoms with Gasteiger partial charge < -0.3 is 10.3 Å². The predicted molar refractivity (Wildman–Crippen MR) is 131 cm³/mol. The van der Waals surface area contributed by atoms with E-state index in [1.54, 1.807) is 23.8 Å². The molecule has 0 aliphatic rings. The number of anilines is 1. The molecule has 0 fully saturated rings. The maximum atomic E-state index is 13.6. The van der Waals surface area contributed by atoms with E-state index in [1.165, 1.54) is 23.9 Å². The average Bonchev–Trinajstić information content (AvgIpc) is 3.24. The van der Waals surface area contributed by atoms with Crippen LogP contribution in [0.2, 0.25) is 0 Å². The predicted octanol–water partition coefficient (Wildman–Crippen LogP) is 5.37. The van der Waals surface area contributed by atoms with Gasteiger partial charge in [0.2, 0.25) is 5.91 Å². The number of hydrogen-bond donors (Lipinski definition) is 2. The molecule has 0 aliphatic heterocycles. The molecule has 2 N–H and O–H groups in total. The average molecular weight is 465 g/mol. The molecule has 2 aromatic carbocycles. The molecule has 0 aliphatic carbocycles. The lowest BCUT2D eigenvalue weighted by molar-refractivity contribution is -0.113. The van der Waals surface area contributed by atoms with Crippen LogP contribution in [-0.2, 0) is 11.3 Å². The van der Waals surface area contributed by atoms with Crippen LogP contribution in [0.4, 0.5) is 10.1 Å². The van der Waals surface area contributed by atoms with E-state index in [0.29, 0.717) is 28.4 Å². The number of H-pyrrole nitrogens is 1. The summed E-state index contributed by atoms with van der Waals surface area (Å²) in [5.41, 5.74) is 3.89. The minimum absolute atomic E-state index is 0.0467. The van der Waals surface area contributed by atoms with Gasteiger partial charge in [-0.2, -0.15) is 0 Å². The Kier molecular flexibility index (Phi) is 6.93. The number of amides is 1. The zero-order chi connectivity index (χ0) is 23.4. The first-order chi connectivity index (χ1) is 16.0. The van der Waals surface area contributed by atoms with Crippen LogP contribution >= 0.6 is 11.8 Å². The first-order valence-corrected chi connectivity index (χ1v) is 11.8. The summed E-state index contributed by atoms with van der Waals surface area (Å²) in [7, 11) is 0. The summed E-state index contributed by atoms with van der Waals surface area (Å²) in [6.45, 7) is 4.38. The number of aromatic nitrogens is 3. The third kappa shape index (κ3) is 5.01. The highest BCUT2D eigenvalue weighted by Crippen LogP contribution is 2.28. The van der Waals surface area contributed by atoms with Gasteiger partial charge in [-0.25, -0.2) is 9.37 Å². The van der Waals surface area contributed by atoms with Crippen LogP contribution in [0.25, 0.3) is 22.2 Å². The Bertz CT molecular complexity index is 1350. The van der Waals surface area contributed by atoms with Gasteiger partial charge in [-0.05, 0) is 36.6 Å². The zero-order valence-electron chi connectivity index (χ0n) is 18.5. The SMILES string of the molecule is CCCCn1c(SCC(=O)Nc2cc(F)ccc2C)nc2c(-c3ccccc3)c[nH]c2c1=O. The van der Waals surface area contributed by atoms with Crippen LogP contribution in [0.3, 0.4) is 0 Å². The van der Waals surface area contributed by atoms with E-state index in [2.05, 4.69) is 17.2 Å². The van der Waals surface area contributed by atoms with Gasteiger partial charge in [-0.3, -0.25) is 14.2 Å². The van der Waals surface area contributed by atoms with Crippen LogP contribution in [0.5, 0.6) is 0 Å². The quantitative estimate of drug-likeness (QED) is 0.271. The highest BCUT2D eigenvalue weighted by atomic mass is 32.2.